The van der Waals surface area contributed by atoms with Crippen LogP contribution in [0.2, 0.25) is 0 Å². The normalized spacial score (nSPS) is 11.4. The molecule has 0 saturated heterocycles. The summed E-state index contributed by atoms with van der Waals surface area (Å²) in [5, 5.41) is 3.86. The van der Waals surface area contributed by atoms with Crippen LogP contribution in [0.3, 0.4) is 0 Å². The number of nitrogens with one attached hydrogen (secondary N) is 1. The lowest BCUT2D eigenvalue weighted by Gasteiger charge is -2.12. The molecule has 0 saturated carbocycles. The van der Waals surface area contributed by atoms with Crippen molar-refractivity contribution >= 4 is 15.7 Å². The van der Waals surface area contributed by atoms with E-state index >= 15 is 0 Å². The molecule has 24 heavy (non-hydrogen) atoms. The molecule has 0 spiro atoms. The van der Waals surface area contributed by atoms with E-state index in [1.807, 2.05) is 32.0 Å². The van der Waals surface area contributed by atoms with Crippen molar-refractivity contribution in [2.45, 2.75) is 25.2 Å². The van der Waals surface area contributed by atoms with Gasteiger partial charge >= 0.3 is 0 Å². The van der Waals surface area contributed by atoms with Crippen molar-refractivity contribution in [2.24, 2.45) is 0 Å². The molecule has 0 aliphatic rings. The van der Waals surface area contributed by atoms with E-state index in [1.54, 1.807) is 36.4 Å². The van der Waals surface area contributed by atoms with Gasteiger partial charge in [-0.1, -0.05) is 42.4 Å². The molecule has 0 atom stereocenters. The molecule has 6 heteroatoms. The van der Waals surface area contributed by atoms with Gasteiger partial charge in [0.15, 0.2) is 5.76 Å². The molecular formula is C18H18N2O3S. The van der Waals surface area contributed by atoms with Gasteiger partial charge in [0, 0.05) is 17.3 Å². The fraction of sp³-hybridized carbons (Fsp3) is 0.167. The molecule has 124 valence electrons. The van der Waals surface area contributed by atoms with Gasteiger partial charge in [-0.3, -0.25) is 4.72 Å². The van der Waals surface area contributed by atoms with Gasteiger partial charge in [-0.15, -0.1) is 0 Å². The molecule has 5 nitrogen and oxygen atoms in total. The first-order valence-corrected chi connectivity index (χ1v) is 9.12. The van der Waals surface area contributed by atoms with Crippen molar-refractivity contribution < 1.29 is 12.9 Å². The fourth-order valence-corrected chi connectivity index (χ4v) is 3.86. The lowest BCUT2D eigenvalue weighted by molar-refractivity contribution is 0.427. The van der Waals surface area contributed by atoms with Gasteiger partial charge in [0.1, 0.15) is 0 Å². The van der Waals surface area contributed by atoms with Crippen LogP contribution in [0.5, 0.6) is 0 Å². The first-order valence-electron chi connectivity index (χ1n) is 7.64. The molecular weight excluding hydrogens is 324 g/mol. The maximum atomic E-state index is 12.8. The van der Waals surface area contributed by atoms with E-state index in [4.69, 9.17) is 4.52 Å². The van der Waals surface area contributed by atoms with E-state index in [1.165, 1.54) is 0 Å². The average Bonchev–Trinajstić information content (AvgIpc) is 3.01. The highest BCUT2D eigenvalue weighted by Crippen LogP contribution is 2.27. The first-order chi connectivity index (χ1) is 11.5. The number of anilines is 1. The zero-order chi connectivity index (χ0) is 17.2. The molecule has 3 rings (SSSR count). The summed E-state index contributed by atoms with van der Waals surface area (Å²) in [5.74, 6) is 0.548. The number of benzene rings is 2. The van der Waals surface area contributed by atoms with Crippen LogP contribution in [0, 0.1) is 6.92 Å². The molecule has 3 aromatic rings. The molecule has 0 bridgehead atoms. The van der Waals surface area contributed by atoms with Crippen LogP contribution in [0.4, 0.5) is 5.69 Å². The summed E-state index contributed by atoms with van der Waals surface area (Å²) >= 11 is 0. The molecule has 0 fully saturated rings. The minimum atomic E-state index is -3.69. The van der Waals surface area contributed by atoms with Crippen molar-refractivity contribution in [3.63, 3.8) is 0 Å². The van der Waals surface area contributed by atoms with Crippen molar-refractivity contribution in [3.8, 4) is 11.3 Å². The molecule has 1 N–H and O–H groups in total. The average molecular weight is 342 g/mol. The Morgan fingerprint density at radius 1 is 1.08 bits per heavy atom. The van der Waals surface area contributed by atoms with E-state index in [9.17, 15) is 8.42 Å². The molecule has 0 amide bonds. The Morgan fingerprint density at radius 2 is 1.83 bits per heavy atom. The SMILES string of the molecule is CCc1ccc(-c2cc(C)no2)cc1S(=O)(=O)Nc1ccccc1. The molecule has 0 aliphatic carbocycles. The monoisotopic (exact) mass is 342 g/mol. The topological polar surface area (TPSA) is 72.2 Å². The number of sulfonamides is 1. The molecule has 2 aromatic carbocycles. The third-order valence-electron chi connectivity index (χ3n) is 3.68. The maximum absolute atomic E-state index is 12.8. The summed E-state index contributed by atoms with van der Waals surface area (Å²) in [7, 11) is -3.69. The number of hydrogen-bond donors (Lipinski definition) is 1. The number of aromatic nitrogens is 1. The van der Waals surface area contributed by atoms with Crippen LogP contribution in [0.25, 0.3) is 11.3 Å². The Hall–Kier alpha value is -2.60. The second-order valence-electron chi connectivity index (χ2n) is 5.48. The fourth-order valence-electron chi connectivity index (χ4n) is 2.47. The number of hydrogen-bond acceptors (Lipinski definition) is 4. The standard InChI is InChI=1S/C18H18N2O3S/c1-3-14-9-10-15(17-11-13(2)19-23-17)12-18(14)24(21,22)20-16-7-5-4-6-8-16/h4-12,20H,3H2,1-2H3. The highest BCUT2D eigenvalue weighted by Gasteiger charge is 2.20. The van der Waals surface area contributed by atoms with Crippen LogP contribution < -0.4 is 4.72 Å². The summed E-state index contributed by atoms with van der Waals surface area (Å²) < 4.78 is 33.5. The molecule has 1 aromatic heterocycles. The first kappa shape index (κ1) is 16.3. The van der Waals surface area contributed by atoms with Crippen molar-refractivity contribution in [1.82, 2.24) is 5.16 Å². The summed E-state index contributed by atoms with van der Waals surface area (Å²) in [4.78, 5) is 0.250. The maximum Gasteiger partial charge on any atom is 0.262 e. The van der Waals surface area contributed by atoms with Gasteiger partial charge in [0.25, 0.3) is 10.0 Å². The van der Waals surface area contributed by atoms with E-state index in [-0.39, 0.29) is 4.90 Å². The minimum absolute atomic E-state index is 0.250. The second kappa shape index (κ2) is 6.49. The van der Waals surface area contributed by atoms with Gasteiger partial charge in [0.2, 0.25) is 0 Å². The summed E-state index contributed by atoms with van der Waals surface area (Å²) in [6, 6.07) is 15.9. The highest BCUT2D eigenvalue weighted by atomic mass is 32.2. The third-order valence-corrected chi connectivity index (χ3v) is 5.14. The smallest absolute Gasteiger partial charge is 0.262 e. The summed E-state index contributed by atoms with van der Waals surface area (Å²) in [6.45, 7) is 3.75. The zero-order valence-electron chi connectivity index (χ0n) is 13.5. The summed E-state index contributed by atoms with van der Waals surface area (Å²) in [6.07, 6.45) is 0.612. The predicted octanol–water partition coefficient (Wildman–Crippen LogP) is 4.01. The van der Waals surface area contributed by atoms with Gasteiger partial charge < -0.3 is 4.52 Å². The number of aryl methyl sites for hydroxylation is 2. The van der Waals surface area contributed by atoms with Crippen molar-refractivity contribution in [3.05, 3.63) is 65.9 Å². The Kier molecular flexibility index (Phi) is 4.40. The lowest BCUT2D eigenvalue weighted by atomic mass is 10.1. The quantitative estimate of drug-likeness (QED) is 0.760. The van der Waals surface area contributed by atoms with Gasteiger partial charge in [-0.2, -0.15) is 0 Å². The van der Waals surface area contributed by atoms with Crippen molar-refractivity contribution in [1.29, 1.82) is 0 Å². The van der Waals surface area contributed by atoms with Crippen LogP contribution in [-0.4, -0.2) is 13.6 Å². The zero-order valence-corrected chi connectivity index (χ0v) is 14.3. The Balaban J connectivity index is 2.04. The highest BCUT2D eigenvalue weighted by molar-refractivity contribution is 7.92. The van der Waals surface area contributed by atoms with Gasteiger partial charge in [-0.25, -0.2) is 8.42 Å². The van der Waals surface area contributed by atoms with E-state index < -0.39 is 10.0 Å². The Labute approximate surface area is 141 Å². The van der Waals surface area contributed by atoms with Crippen LogP contribution in [-0.2, 0) is 16.4 Å². The van der Waals surface area contributed by atoms with Gasteiger partial charge in [-0.05, 0) is 37.1 Å². The Morgan fingerprint density at radius 3 is 2.46 bits per heavy atom. The van der Waals surface area contributed by atoms with Gasteiger partial charge in [0.05, 0.1) is 10.6 Å². The third kappa shape index (κ3) is 3.33. The number of para-hydroxylation sites is 1. The molecule has 0 radical (unpaired) electrons. The van der Waals surface area contributed by atoms with E-state index in [0.717, 1.165) is 11.3 Å². The van der Waals surface area contributed by atoms with Crippen LogP contribution >= 0.6 is 0 Å². The summed E-state index contributed by atoms with van der Waals surface area (Å²) in [5.41, 5.74) is 2.71. The molecule has 1 heterocycles. The van der Waals surface area contributed by atoms with E-state index in [0.29, 0.717) is 23.4 Å². The van der Waals surface area contributed by atoms with Crippen LogP contribution in [0.1, 0.15) is 18.2 Å². The van der Waals surface area contributed by atoms with Crippen LogP contribution in [0.15, 0.2) is 64.0 Å². The van der Waals surface area contributed by atoms with E-state index in [2.05, 4.69) is 9.88 Å². The lowest BCUT2D eigenvalue weighted by Crippen LogP contribution is -2.15. The predicted molar refractivity (Wildman–Crippen MR) is 93.3 cm³/mol. The van der Waals surface area contributed by atoms with Crippen molar-refractivity contribution in [2.75, 3.05) is 4.72 Å². The molecule has 0 unspecified atom stereocenters. The molecule has 0 aliphatic heterocycles. The Bertz CT molecular complexity index is 947. The number of rotatable bonds is 5. The minimum Gasteiger partial charge on any atom is -0.356 e. The largest absolute Gasteiger partial charge is 0.356 e. The number of nitrogens with zero attached hydrogens (tertiary/aromatic N) is 1. The second-order valence-corrected chi connectivity index (χ2v) is 7.13.